The van der Waals surface area contributed by atoms with Crippen molar-refractivity contribution in [2.75, 3.05) is 6.54 Å². The highest BCUT2D eigenvalue weighted by molar-refractivity contribution is 8.93. The molecule has 6 heteroatoms. The Hall–Kier alpha value is -0.350. The van der Waals surface area contributed by atoms with Gasteiger partial charge in [0.15, 0.2) is 0 Å². The van der Waals surface area contributed by atoms with Crippen LogP contribution in [0.5, 0.6) is 0 Å². The molecule has 0 aromatic carbocycles. The first-order valence-electron chi connectivity index (χ1n) is 4.00. The van der Waals surface area contributed by atoms with Crippen LogP contribution >= 0.6 is 34.0 Å². The largest absolute Gasteiger partial charge is 0.338 e. The lowest BCUT2D eigenvalue weighted by Gasteiger charge is -2.10. The number of terminal acetylenes is 1. The second kappa shape index (κ2) is 11.7. The number of carbonyl (C=O) groups excluding carboxylic acids is 1. The fraction of sp³-hybridized carbons (Fsp3) is 0.444. The van der Waals surface area contributed by atoms with Gasteiger partial charge in [-0.2, -0.15) is 0 Å². The van der Waals surface area contributed by atoms with E-state index < -0.39 is 12.1 Å². The molecule has 0 radical (unpaired) electrons. The molecule has 0 aliphatic heterocycles. The minimum absolute atomic E-state index is 0. The van der Waals surface area contributed by atoms with Gasteiger partial charge in [-0.3, -0.25) is 4.79 Å². The van der Waals surface area contributed by atoms with Gasteiger partial charge in [-0.1, -0.05) is 18.1 Å². The molecule has 0 fully saturated rings. The van der Waals surface area contributed by atoms with E-state index in [1.807, 2.05) is 0 Å². The van der Waals surface area contributed by atoms with E-state index in [9.17, 15) is 4.79 Å². The molecule has 0 rings (SSSR count). The Kier molecular flexibility index (Phi) is 15.7. The molecule has 0 spiro atoms. The van der Waals surface area contributed by atoms with E-state index in [4.69, 9.17) is 17.9 Å². The van der Waals surface area contributed by atoms with Gasteiger partial charge in [-0.05, 0) is 6.92 Å². The van der Waals surface area contributed by atoms with Gasteiger partial charge in [-0.25, -0.2) is 0 Å². The average molecular weight is 343 g/mol. The molecule has 2 atom stereocenters. The predicted octanol–water partition coefficient (Wildman–Crippen LogP) is 0.122. The van der Waals surface area contributed by atoms with Crippen LogP contribution < -0.4 is 16.8 Å². The molecule has 0 aliphatic rings. The van der Waals surface area contributed by atoms with Gasteiger partial charge in [0, 0.05) is 6.54 Å². The smallest absolute Gasteiger partial charge is 0.237 e. The number of nitrogens with two attached hydrogens (primary N) is 2. The number of carbonyl (C=O) groups is 1. The van der Waals surface area contributed by atoms with Gasteiger partial charge >= 0.3 is 0 Å². The molecular weight excluding hydrogens is 326 g/mol. The summed E-state index contributed by atoms with van der Waals surface area (Å²) < 4.78 is 0. The third-order valence-electron chi connectivity index (χ3n) is 1.36. The predicted molar refractivity (Wildman–Crippen MR) is 73.3 cm³/mol. The summed E-state index contributed by atoms with van der Waals surface area (Å²) in [6, 6.07) is -0.982. The molecule has 0 saturated heterocycles. The third kappa shape index (κ3) is 9.94. The Balaban J connectivity index is -0.000000720. The molecule has 5 N–H and O–H groups in total. The first kappa shape index (κ1) is 20.1. The summed E-state index contributed by atoms with van der Waals surface area (Å²) in [7, 11) is 0. The second-order valence-electron chi connectivity index (χ2n) is 2.61. The first-order chi connectivity index (χ1) is 6.11. The summed E-state index contributed by atoms with van der Waals surface area (Å²) >= 11 is 0. The Labute approximate surface area is 111 Å². The number of hydrogen-bond donors (Lipinski definition) is 3. The monoisotopic (exact) mass is 341 g/mol. The molecule has 88 valence electrons. The number of nitrogens with one attached hydrogen (secondary N) is 1. The maximum atomic E-state index is 11.1. The quantitative estimate of drug-likeness (QED) is 0.501. The zero-order valence-electron chi connectivity index (χ0n) is 8.47. The van der Waals surface area contributed by atoms with E-state index in [2.05, 4.69) is 11.2 Å². The van der Waals surface area contributed by atoms with E-state index in [1.165, 1.54) is 0 Å². The molecule has 0 heterocycles. The Bertz CT molecular complexity index is 236. The summed E-state index contributed by atoms with van der Waals surface area (Å²) in [5.74, 6) is 2.12. The Morgan fingerprint density at radius 3 is 2.47 bits per heavy atom. The first-order valence-corrected chi connectivity index (χ1v) is 4.00. The fourth-order valence-electron chi connectivity index (χ4n) is 0.645. The van der Waals surface area contributed by atoms with Gasteiger partial charge in [-0.15, -0.1) is 40.4 Å². The van der Waals surface area contributed by atoms with Crippen molar-refractivity contribution in [3.8, 4) is 12.3 Å². The molecule has 4 nitrogen and oxygen atoms in total. The van der Waals surface area contributed by atoms with Crippen LogP contribution in [0.25, 0.3) is 0 Å². The molecule has 0 aromatic rings. The molecule has 0 aromatic heterocycles. The maximum absolute atomic E-state index is 11.1. The zero-order valence-corrected chi connectivity index (χ0v) is 11.9. The molecule has 0 saturated carbocycles. The van der Waals surface area contributed by atoms with Gasteiger partial charge < -0.3 is 16.8 Å². The highest BCUT2D eigenvalue weighted by Crippen LogP contribution is 1.86. The van der Waals surface area contributed by atoms with E-state index in [1.54, 1.807) is 19.1 Å². The molecular formula is C9H17Br2N3O. The van der Waals surface area contributed by atoms with Crippen LogP contribution in [0.1, 0.15) is 6.92 Å². The van der Waals surface area contributed by atoms with E-state index in [0.717, 1.165) is 0 Å². The highest BCUT2D eigenvalue weighted by atomic mass is 79.9. The Morgan fingerprint density at radius 1 is 1.60 bits per heavy atom. The highest BCUT2D eigenvalue weighted by Gasteiger charge is 2.09. The van der Waals surface area contributed by atoms with Crippen molar-refractivity contribution in [3.63, 3.8) is 0 Å². The third-order valence-corrected chi connectivity index (χ3v) is 1.36. The zero-order chi connectivity index (χ0) is 10.3. The number of hydrogen-bond acceptors (Lipinski definition) is 3. The van der Waals surface area contributed by atoms with E-state index >= 15 is 0 Å². The lowest BCUT2D eigenvalue weighted by Crippen LogP contribution is -2.42. The van der Waals surface area contributed by atoms with E-state index in [-0.39, 0.29) is 39.9 Å². The fourth-order valence-corrected chi connectivity index (χ4v) is 0.645. The van der Waals surface area contributed by atoms with Crippen molar-refractivity contribution in [2.24, 2.45) is 11.5 Å². The molecule has 2 unspecified atom stereocenters. The van der Waals surface area contributed by atoms with Crippen LogP contribution in [-0.4, -0.2) is 24.5 Å². The summed E-state index contributed by atoms with van der Waals surface area (Å²) in [4.78, 5) is 11.1. The summed E-state index contributed by atoms with van der Waals surface area (Å²) in [6.07, 6.45) is 8.50. The standard InChI is InChI=1S/C9H15N3O.2BrH/c1-3-8(5-4-6-10)12-9(13)7(2)11;;/h1,4-5,7-8H,6,10-11H2,2H3,(H,12,13);2*1H. The van der Waals surface area contributed by atoms with Crippen LogP contribution in [0.15, 0.2) is 12.2 Å². The van der Waals surface area contributed by atoms with Crippen LogP contribution in [0, 0.1) is 12.3 Å². The van der Waals surface area contributed by atoms with Crippen molar-refractivity contribution in [2.45, 2.75) is 19.0 Å². The maximum Gasteiger partial charge on any atom is 0.237 e. The van der Waals surface area contributed by atoms with E-state index in [0.29, 0.717) is 6.54 Å². The normalized spacial score (nSPS) is 12.9. The minimum Gasteiger partial charge on any atom is -0.338 e. The van der Waals surface area contributed by atoms with Gasteiger partial charge in [0.05, 0.1) is 6.04 Å². The number of amides is 1. The molecule has 1 amide bonds. The van der Waals surface area contributed by atoms with Crippen LogP contribution in [0.4, 0.5) is 0 Å². The number of halogens is 2. The lowest BCUT2D eigenvalue weighted by molar-refractivity contribution is -0.122. The van der Waals surface area contributed by atoms with Crippen molar-refractivity contribution in [3.05, 3.63) is 12.2 Å². The van der Waals surface area contributed by atoms with Crippen molar-refractivity contribution in [1.29, 1.82) is 0 Å². The average Bonchev–Trinajstić information content (AvgIpc) is 2.11. The van der Waals surface area contributed by atoms with Crippen LogP contribution in [0.2, 0.25) is 0 Å². The Morgan fingerprint density at radius 2 is 2.13 bits per heavy atom. The van der Waals surface area contributed by atoms with Gasteiger partial charge in [0.1, 0.15) is 6.04 Å². The molecule has 0 bridgehead atoms. The second-order valence-corrected chi connectivity index (χ2v) is 2.61. The topological polar surface area (TPSA) is 81.1 Å². The van der Waals surface area contributed by atoms with Crippen LogP contribution in [0.3, 0.4) is 0 Å². The summed E-state index contributed by atoms with van der Waals surface area (Å²) in [6.45, 7) is 1.99. The molecule has 15 heavy (non-hydrogen) atoms. The lowest BCUT2D eigenvalue weighted by atomic mass is 10.2. The van der Waals surface area contributed by atoms with Crippen molar-refractivity contribution >= 4 is 39.9 Å². The SMILES string of the molecule is Br.Br.C#CC(C=CCN)NC(=O)C(C)N. The number of rotatable bonds is 4. The minimum atomic E-state index is -0.554. The summed E-state index contributed by atoms with van der Waals surface area (Å²) in [5.41, 5.74) is 10.6. The van der Waals surface area contributed by atoms with Crippen LogP contribution in [-0.2, 0) is 4.79 Å². The van der Waals surface area contributed by atoms with Crippen molar-refractivity contribution in [1.82, 2.24) is 5.32 Å². The van der Waals surface area contributed by atoms with Gasteiger partial charge in [0.2, 0.25) is 5.91 Å². The molecule has 0 aliphatic carbocycles. The van der Waals surface area contributed by atoms with Gasteiger partial charge in [0.25, 0.3) is 0 Å². The van der Waals surface area contributed by atoms with Crippen molar-refractivity contribution < 1.29 is 4.79 Å². The summed E-state index contributed by atoms with van der Waals surface area (Å²) in [5, 5.41) is 2.56.